The summed E-state index contributed by atoms with van der Waals surface area (Å²) < 4.78 is 0. The summed E-state index contributed by atoms with van der Waals surface area (Å²) in [5.74, 6) is 0.838. The Labute approximate surface area is 104 Å². The van der Waals surface area contributed by atoms with Crippen molar-refractivity contribution in [2.75, 3.05) is 26.2 Å². The molecule has 0 bridgehead atoms. The topological polar surface area (TPSA) is 41.3 Å². The Kier molecular flexibility index (Phi) is 3.82. The zero-order valence-corrected chi connectivity index (χ0v) is 11.0. The molecule has 1 heterocycles. The minimum atomic E-state index is 0.0317. The van der Waals surface area contributed by atoms with Gasteiger partial charge >= 0.3 is 0 Å². The van der Waals surface area contributed by atoms with Crippen molar-refractivity contribution in [2.45, 2.75) is 38.1 Å². The van der Waals surface area contributed by atoms with Crippen molar-refractivity contribution in [2.24, 2.45) is 11.7 Å². The van der Waals surface area contributed by atoms with E-state index in [2.05, 4.69) is 17.1 Å². The molecule has 2 fully saturated rings. The lowest BCUT2D eigenvalue weighted by Crippen LogP contribution is -2.62. The third-order valence-electron chi connectivity index (χ3n) is 4.28. The molecule has 1 saturated carbocycles. The maximum atomic E-state index is 6.05. The minimum absolute atomic E-state index is 0.0317. The van der Waals surface area contributed by atoms with Crippen molar-refractivity contribution < 1.29 is 0 Å². The minimum Gasteiger partial charge on any atom is -0.392 e. The smallest absolute Gasteiger partial charge is 0.0933 e. The molecule has 92 valence electrons. The summed E-state index contributed by atoms with van der Waals surface area (Å²) >= 11 is 5.36. The molecule has 0 unspecified atom stereocenters. The molecule has 0 spiro atoms. The van der Waals surface area contributed by atoms with Crippen LogP contribution >= 0.6 is 12.2 Å². The molecule has 1 aliphatic carbocycles. The summed E-state index contributed by atoms with van der Waals surface area (Å²) in [5, 5.41) is 3.39. The molecule has 2 rings (SSSR count). The first-order valence-electron chi connectivity index (χ1n) is 6.41. The molecule has 1 aliphatic heterocycles. The highest BCUT2D eigenvalue weighted by atomic mass is 32.1. The molecule has 0 aromatic carbocycles. The van der Waals surface area contributed by atoms with Crippen molar-refractivity contribution in [1.82, 2.24) is 10.2 Å². The van der Waals surface area contributed by atoms with Gasteiger partial charge in [0.25, 0.3) is 0 Å². The quantitative estimate of drug-likeness (QED) is 0.711. The molecule has 0 atom stereocenters. The van der Waals surface area contributed by atoms with E-state index < -0.39 is 0 Å². The molecule has 0 aromatic rings. The van der Waals surface area contributed by atoms with Gasteiger partial charge in [-0.2, -0.15) is 0 Å². The van der Waals surface area contributed by atoms with Crippen LogP contribution in [0.4, 0.5) is 0 Å². The van der Waals surface area contributed by atoms with Gasteiger partial charge in [0, 0.05) is 26.2 Å². The van der Waals surface area contributed by atoms with Gasteiger partial charge in [0.15, 0.2) is 0 Å². The predicted molar refractivity (Wildman–Crippen MR) is 71.6 cm³/mol. The number of piperazine rings is 1. The standard InChI is InChI=1S/C12H23N3S/c1-10-2-4-12(5-3-10,11(13)16)15-8-6-14-7-9-15/h10,14H,2-9H2,1H3,(H2,13,16). The molecular formula is C12H23N3S. The fourth-order valence-electron chi connectivity index (χ4n) is 3.05. The number of nitrogens with two attached hydrogens (primary N) is 1. The summed E-state index contributed by atoms with van der Waals surface area (Å²) in [6.07, 6.45) is 4.84. The van der Waals surface area contributed by atoms with Gasteiger partial charge in [0.2, 0.25) is 0 Å². The second-order valence-electron chi connectivity index (χ2n) is 5.32. The average Bonchev–Trinajstić information content (AvgIpc) is 2.31. The van der Waals surface area contributed by atoms with Gasteiger partial charge in [-0.3, -0.25) is 4.90 Å². The van der Waals surface area contributed by atoms with Gasteiger partial charge in [0.1, 0.15) is 0 Å². The lowest BCUT2D eigenvalue weighted by atomic mass is 9.75. The summed E-state index contributed by atoms with van der Waals surface area (Å²) in [5.41, 5.74) is 6.08. The van der Waals surface area contributed by atoms with Gasteiger partial charge in [-0.1, -0.05) is 19.1 Å². The molecule has 3 N–H and O–H groups in total. The highest BCUT2D eigenvalue weighted by Gasteiger charge is 2.42. The van der Waals surface area contributed by atoms with E-state index in [4.69, 9.17) is 18.0 Å². The monoisotopic (exact) mass is 241 g/mol. The van der Waals surface area contributed by atoms with Crippen LogP contribution in [-0.4, -0.2) is 41.6 Å². The SMILES string of the molecule is CC1CCC(C(N)=S)(N2CCNCC2)CC1. The maximum absolute atomic E-state index is 6.05. The molecular weight excluding hydrogens is 218 g/mol. The number of rotatable bonds is 2. The molecule has 0 aromatic heterocycles. The van der Waals surface area contributed by atoms with E-state index in [9.17, 15) is 0 Å². The summed E-state index contributed by atoms with van der Waals surface area (Å²) in [6.45, 7) is 6.65. The van der Waals surface area contributed by atoms with E-state index in [0.717, 1.165) is 49.9 Å². The lowest BCUT2D eigenvalue weighted by molar-refractivity contribution is 0.0822. The van der Waals surface area contributed by atoms with Crippen LogP contribution in [0.5, 0.6) is 0 Å². The third kappa shape index (κ3) is 2.24. The predicted octanol–water partition coefficient (Wildman–Crippen LogP) is 1.13. The second kappa shape index (κ2) is 4.98. The highest BCUT2D eigenvalue weighted by molar-refractivity contribution is 7.80. The van der Waals surface area contributed by atoms with Gasteiger partial charge < -0.3 is 11.1 Å². The summed E-state index contributed by atoms with van der Waals surface area (Å²) in [4.78, 5) is 3.25. The Morgan fingerprint density at radius 1 is 1.31 bits per heavy atom. The first-order chi connectivity index (χ1) is 7.65. The highest BCUT2D eigenvalue weighted by Crippen LogP contribution is 2.36. The Balaban J connectivity index is 2.11. The van der Waals surface area contributed by atoms with E-state index in [1.54, 1.807) is 0 Å². The number of thiocarbonyl (C=S) groups is 1. The fraction of sp³-hybridized carbons (Fsp3) is 0.917. The Morgan fingerprint density at radius 3 is 2.38 bits per heavy atom. The largest absolute Gasteiger partial charge is 0.392 e. The lowest BCUT2D eigenvalue weighted by Gasteiger charge is -2.48. The molecule has 2 aliphatic rings. The van der Waals surface area contributed by atoms with Crippen molar-refractivity contribution in [3.63, 3.8) is 0 Å². The van der Waals surface area contributed by atoms with Crippen LogP contribution in [0.1, 0.15) is 32.6 Å². The van der Waals surface area contributed by atoms with Gasteiger partial charge in [-0.15, -0.1) is 0 Å². The Hall–Kier alpha value is -0.190. The zero-order valence-electron chi connectivity index (χ0n) is 10.2. The van der Waals surface area contributed by atoms with Crippen LogP contribution in [0.3, 0.4) is 0 Å². The first-order valence-corrected chi connectivity index (χ1v) is 6.82. The fourth-order valence-corrected chi connectivity index (χ4v) is 3.38. The Bertz CT molecular complexity index is 253. The van der Waals surface area contributed by atoms with Crippen molar-refractivity contribution in [1.29, 1.82) is 0 Å². The van der Waals surface area contributed by atoms with E-state index >= 15 is 0 Å². The summed E-state index contributed by atoms with van der Waals surface area (Å²) in [6, 6.07) is 0. The molecule has 4 heteroatoms. The van der Waals surface area contributed by atoms with Crippen molar-refractivity contribution in [3.8, 4) is 0 Å². The molecule has 1 saturated heterocycles. The van der Waals surface area contributed by atoms with Crippen molar-refractivity contribution in [3.05, 3.63) is 0 Å². The van der Waals surface area contributed by atoms with Gasteiger partial charge in [-0.25, -0.2) is 0 Å². The van der Waals surface area contributed by atoms with Crippen LogP contribution in [0, 0.1) is 5.92 Å². The zero-order chi connectivity index (χ0) is 11.6. The van der Waals surface area contributed by atoms with Crippen LogP contribution in [0.15, 0.2) is 0 Å². The maximum Gasteiger partial charge on any atom is 0.0933 e. The van der Waals surface area contributed by atoms with E-state index in [-0.39, 0.29) is 5.54 Å². The molecule has 16 heavy (non-hydrogen) atoms. The number of nitrogens with one attached hydrogen (secondary N) is 1. The first kappa shape index (κ1) is 12.3. The van der Waals surface area contributed by atoms with Crippen LogP contribution in [-0.2, 0) is 0 Å². The number of nitrogens with zero attached hydrogens (tertiary/aromatic N) is 1. The van der Waals surface area contributed by atoms with Crippen LogP contribution in [0.25, 0.3) is 0 Å². The van der Waals surface area contributed by atoms with Gasteiger partial charge in [-0.05, 0) is 31.6 Å². The number of hydrogen-bond acceptors (Lipinski definition) is 3. The molecule has 0 amide bonds. The van der Waals surface area contributed by atoms with E-state index in [0.29, 0.717) is 0 Å². The summed E-state index contributed by atoms with van der Waals surface area (Å²) in [7, 11) is 0. The second-order valence-corrected chi connectivity index (χ2v) is 5.76. The molecule has 3 nitrogen and oxygen atoms in total. The van der Waals surface area contributed by atoms with Gasteiger partial charge in [0.05, 0.1) is 10.5 Å². The van der Waals surface area contributed by atoms with E-state index in [1.807, 2.05) is 0 Å². The third-order valence-corrected chi connectivity index (χ3v) is 4.66. The average molecular weight is 241 g/mol. The normalized spacial score (nSPS) is 37.2. The molecule has 0 radical (unpaired) electrons. The van der Waals surface area contributed by atoms with Crippen LogP contribution in [0.2, 0.25) is 0 Å². The van der Waals surface area contributed by atoms with E-state index in [1.165, 1.54) is 12.8 Å². The van der Waals surface area contributed by atoms with Crippen molar-refractivity contribution >= 4 is 17.2 Å². The van der Waals surface area contributed by atoms with Crippen LogP contribution < -0.4 is 11.1 Å². The number of hydrogen-bond donors (Lipinski definition) is 2. The Morgan fingerprint density at radius 2 is 1.88 bits per heavy atom.